The number of halogens is 1. The summed E-state index contributed by atoms with van der Waals surface area (Å²) in [4.78, 5) is 11.1. The van der Waals surface area contributed by atoms with Gasteiger partial charge in [-0.1, -0.05) is 50.4 Å². The van der Waals surface area contributed by atoms with Gasteiger partial charge in [0, 0.05) is 11.6 Å². The van der Waals surface area contributed by atoms with Gasteiger partial charge >= 0.3 is 5.97 Å². The Labute approximate surface area is 120 Å². The molecule has 0 heterocycles. The zero-order chi connectivity index (χ0) is 14.3. The van der Waals surface area contributed by atoms with E-state index < -0.39 is 12.0 Å². The van der Waals surface area contributed by atoms with Crippen LogP contribution in [0.15, 0.2) is 24.3 Å². The van der Waals surface area contributed by atoms with Crippen LogP contribution in [0.1, 0.15) is 44.6 Å². The van der Waals surface area contributed by atoms with Crippen LogP contribution >= 0.6 is 11.6 Å². The maximum absolute atomic E-state index is 11.1. The highest BCUT2D eigenvalue weighted by Gasteiger charge is 2.17. The number of aliphatic carboxylic acids is 1. The number of hydrogen-bond donors (Lipinski definition) is 2. The van der Waals surface area contributed by atoms with Gasteiger partial charge in [0.25, 0.3) is 0 Å². The highest BCUT2D eigenvalue weighted by molar-refractivity contribution is 6.30. The van der Waals surface area contributed by atoms with Crippen molar-refractivity contribution in [2.24, 2.45) is 0 Å². The summed E-state index contributed by atoms with van der Waals surface area (Å²) in [5, 5.41) is 13.0. The zero-order valence-electron chi connectivity index (χ0n) is 11.5. The molecule has 0 bridgehead atoms. The maximum atomic E-state index is 11.1. The van der Waals surface area contributed by atoms with E-state index in [1.165, 1.54) is 0 Å². The van der Waals surface area contributed by atoms with Crippen molar-refractivity contribution in [2.45, 2.75) is 45.1 Å². The molecule has 1 aromatic rings. The molecule has 0 aliphatic rings. The lowest BCUT2D eigenvalue weighted by Gasteiger charge is -2.18. The molecule has 4 heteroatoms. The average molecular weight is 284 g/mol. The first kappa shape index (κ1) is 16.0. The van der Waals surface area contributed by atoms with Gasteiger partial charge in [-0.2, -0.15) is 0 Å². The number of unbranched alkanes of at least 4 members (excludes halogenated alkanes) is 1. The molecule has 106 valence electrons. The Kier molecular flexibility index (Phi) is 6.89. The first-order chi connectivity index (χ1) is 9.04. The third kappa shape index (κ3) is 5.62. The fourth-order valence-electron chi connectivity index (χ4n) is 1.97. The van der Waals surface area contributed by atoms with Crippen molar-refractivity contribution in [2.75, 3.05) is 6.54 Å². The van der Waals surface area contributed by atoms with E-state index in [4.69, 9.17) is 16.7 Å². The third-order valence-electron chi connectivity index (χ3n) is 3.23. The second-order valence-electron chi connectivity index (χ2n) is 4.90. The van der Waals surface area contributed by atoms with Gasteiger partial charge in [-0.25, -0.2) is 0 Å². The second kappa shape index (κ2) is 8.18. The lowest BCUT2D eigenvalue weighted by molar-refractivity contribution is -0.139. The Hall–Kier alpha value is -1.06. The van der Waals surface area contributed by atoms with Gasteiger partial charge in [0.2, 0.25) is 0 Å². The van der Waals surface area contributed by atoms with Crippen LogP contribution in [0.3, 0.4) is 0 Å². The molecular weight excluding hydrogens is 262 g/mol. The van der Waals surface area contributed by atoms with Gasteiger partial charge in [0.05, 0.1) is 0 Å². The Balaban J connectivity index is 2.51. The van der Waals surface area contributed by atoms with Crippen molar-refractivity contribution in [3.8, 4) is 0 Å². The average Bonchev–Trinajstić information content (AvgIpc) is 2.38. The summed E-state index contributed by atoms with van der Waals surface area (Å²) in [6.45, 7) is 4.77. The van der Waals surface area contributed by atoms with Crippen LogP contribution in [0.2, 0.25) is 5.02 Å². The zero-order valence-corrected chi connectivity index (χ0v) is 12.3. The van der Waals surface area contributed by atoms with Gasteiger partial charge in [-0.15, -0.1) is 0 Å². The molecule has 0 aliphatic carbocycles. The molecular formula is C15H22ClNO2. The van der Waals surface area contributed by atoms with Crippen LogP contribution in [0.4, 0.5) is 0 Å². The fourth-order valence-corrected chi connectivity index (χ4v) is 2.17. The highest BCUT2D eigenvalue weighted by atomic mass is 35.5. The summed E-state index contributed by atoms with van der Waals surface area (Å²) in [5.41, 5.74) is 1.12. The van der Waals surface area contributed by atoms with Crippen LogP contribution in [-0.4, -0.2) is 23.7 Å². The standard InChI is InChI=1S/C15H22ClNO2/c1-3-4-8-14(15(18)19)17-10-11(2)12-6-5-7-13(16)9-12/h5-7,9,11,14,17H,3-4,8,10H2,1-2H3,(H,18,19)/t11?,14-/m0/s1. The third-order valence-corrected chi connectivity index (χ3v) is 3.47. The molecule has 1 unspecified atom stereocenters. The normalized spacial score (nSPS) is 14.1. The minimum atomic E-state index is -0.772. The molecule has 0 radical (unpaired) electrons. The Bertz CT molecular complexity index is 409. The molecule has 3 nitrogen and oxygen atoms in total. The molecule has 0 saturated carbocycles. The van der Waals surface area contributed by atoms with Gasteiger partial charge in [-0.05, 0) is 30.0 Å². The van der Waals surface area contributed by atoms with Crippen molar-refractivity contribution in [1.82, 2.24) is 5.32 Å². The summed E-state index contributed by atoms with van der Waals surface area (Å²) in [6.07, 6.45) is 2.61. The van der Waals surface area contributed by atoms with E-state index in [0.29, 0.717) is 18.0 Å². The molecule has 1 rings (SSSR count). The van der Waals surface area contributed by atoms with Crippen LogP contribution in [0, 0.1) is 0 Å². The maximum Gasteiger partial charge on any atom is 0.320 e. The van der Waals surface area contributed by atoms with Crippen molar-refractivity contribution in [3.63, 3.8) is 0 Å². The van der Waals surface area contributed by atoms with E-state index in [2.05, 4.69) is 19.2 Å². The van der Waals surface area contributed by atoms with Crippen molar-refractivity contribution >= 4 is 17.6 Å². The van der Waals surface area contributed by atoms with Gasteiger partial charge < -0.3 is 10.4 Å². The van der Waals surface area contributed by atoms with Crippen LogP contribution in [-0.2, 0) is 4.79 Å². The molecule has 0 spiro atoms. The number of carboxylic acids is 1. The fraction of sp³-hybridized carbons (Fsp3) is 0.533. The van der Waals surface area contributed by atoms with E-state index in [-0.39, 0.29) is 5.92 Å². The van der Waals surface area contributed by atoms with E-state index in [1.807, 2.05) is 24.3 Å². The minimum Gasteiger partial charge on any atom is -0.480 e. The summed E-state index contributed by atoms with van der Waals surface area (Å²) in [6, 6.07) is 7.24. The Morgan fingerprint density at radius 1 is 1.47 bits per heavy atom. The Morgan fingerprint density at radius 3 is 2.79 bits per heavy atom. The first-order valence-corrected chi connectivity index (χ1v) is 7.14. The minimum absolute atomic E-state index is 0.238. The van der Waals surface area contributed by atoms with Crippen LogP contribution in [0.25, 0.3) is 0 Å². The smallest absolute Gasteiger partial charge is 0.320 e. The molecule has 2 N–H and O–H groups in total. The van der Waals surface area contributed by atoms with E-state index in [9.17, 15) is 4.79 Å². The van der Waals surface area contributed by atoms with Crippen molar-refractivity contribution < 1.29 is 9.90 Å². The molecule has 0 fully saturated rings. The predicted molar refractivity (Wildman–Crippen MR) is 78.8 cm³/mol. The molecule has 1 aromatic carbocycles. The Morgan fingerprint density at radius 2 is 2.21 bits per heavy atom. The summed E-state index contributed by atoms with van der Waals surface area (Å²) < 4.78 is 0. The topological polar surface area (TPSA) is 49.3 Å². The first-order valence-electron chi connectivity index (χ1n) is 6.76. The highest BCUT2D eigenvalue weighted by Crippen LogP contribution is 2.19. The van der Waals surface area contributed by atoms with Crippen LogP contribution < -0.4 is 5.32 Å². The monoisotopic (exact) mass is 283 g/mol. The number of benzene rings is 1. The SMILES string of the molecule is CCCC[C@H](NCC(C)c1cccc(Cl)c1)C(=O)O. The largest absolute Gasteiger partial charge is 0.480 e. The number of hydrogen-bond acceptors (Lipinski definition) is 2. The van der Waals surface area contributed by atoms with Crippen molar-refractivity contribution in [1.29, 1.82) is 0 Å². The number of nitrogens with one attached hydrogen (secondary N) is 1. The lowest BCUT2D eigenvalue weighted by Crippen LogP contribution is -2.38. The summed E-state index contributed by atoms with van der Waals surface area (Å²) >= 11 is 5.96. The van der Waals surface area contributed by atoms with E-state index >= 15 is 0 Å². The molecule has 0 amide bonds. The predicted octanol–water partition coefficient (Wildman–Crippen LogP) is 3.68. The van der Waals surface area contributed by atoms with Gasteiger partial charge in [0.15, 0.2) is 0 Å². The molecule has 19 heavy (non-hydrogen) atoms. The van der Waals surface area contributed by atoms with Gasteiger partial charge in [0.1, 0.15) is 6.04 Å². The van der Waals surface area contributed by atoms with E-state index in [0.717, 1.165) is 18.4 Å². The van der Waals surface area contributed by atoms with Crippen LogP contribution in [0.5, 0.6) is 0 Å². The molecule has 0 aliphatic heterocycles. The summed E-state index contributed by atoms with van der Waals surface area (Å²) in [5.74, 6) is -0.533. The quantitative estimate of drug-likeness (QED) is 0.765. The van der Waals surface area contributed by atoms with E-state index in [1.54, 1.807) is 0 Å². The molecule has 0 saturated heterocycles. The molecule has 0 aromatic heterocycles. The molecule has 2 atom stereocenters. The number of rotatable bonds is 8. The number of carboxylic acid groups (broad SMARTS) is 1. The second-order valence-corrected chi connectivity index (χ2v) is 5.33. The lowest BCUT2D eigenvalue weighted by atomic mass is 10.0. The van der Waals surface area contributed by atoms with Gasteiger partial charge in [-0.3, -0.25) is 4.79 Å². The summed E-state index contributed by atoms with van der Waals surface area (Å²) in [7, 11) is 0. The van der Waals surface area contributed by atoms with Crippen molar-refractivity contribution in [3.05, 3.63) is 34.9 Å². The number of carbonyl (C=O) groups is 1.